The summed E-state index contributed by atoms with van der Waals surface area (Å²) in [7, 11) is 0. The van der Waals surface area contributed by atoms with E-state index < -0.39 is 4.92 Å². The molecule has 11 nitrogen and oxygen atoms in total. The van der Waals surface area contributed by atoms with Gasteiger partial charge in [0.05, 0.1) is 16.1 Å². The predicted molar refractivity (Wildman–Crippen MR) is 140 cm³/mol. The SMILES string of the molecule is CCn1cc(NC(=O)CC23CC4CC(C2)CC(n2cc([N+](=O)[O-])cn2)(C4)C3)c(C(=O)Nc2ccccc2)n1. The number of hydrogen-bond donors (Lipinski definition) is 2. The highest BCUT2D eigenvalue weighted by atomic mass is 16.6. The fourth-order valence-electron chi connectivity index (χ4n) is 7.63. The third-order valence-electron chi connectivity index (χ3n) is 8.56. The highest BCUT2D eigenvalue weighted by Gasteiger charge is 2.59. The average molecular weight is 518 g/mol. The summed E-state index contributed by atoms with van der Waals surface area (Å²) >= 11 is 0. The van der Waals surface area contributed by atoms with E-state index >= 15 is 0 Å². The van der Waals surface area contributed by atoms with Gasteiger partial charge in [0.15, 0.2) is 5.69 Å². The van der Waals surface area contributed by atoms with Crippen molar-refractivity contribution in [3.05, 3.63) is 64.7 Å². The van der Waals surface area contributed by atoms with Crippen molar-refractivity contribution in [3.8, 4) is 0 Å². The standard InChI is InChI=1S/C27H31N7O4/c1-2-32-16-22(24(31-32)25(36)29-20-6-4-3-5-7-20)30-23(35)13-26-9-18-8-19(10-26)12-27(11-18,17-26)33-15-21(14-28-33)34(37)38/h3-7,14-16,18-19H,2,8-13,17H2,1H3,(H,29,36)(H,30,35). The number of para-hydroxylation sites is 1. The second-order valence-corrected chi connectivity index (χ2v) is 11.4. The van der Waals surface area contributed by atoms with E-state index in [1.54, 1.807) is 29.2 Å². The number of nitrogens with one attached hydrogen (secondary N) is 2. The lowest BCUT2D eigenvalue weighted by atomic mass is 9.46. The van der Waals surface area contributed by atoms with Gasteiger partial charge in [0.1, 0.15) is 12.4 Å². The molecule has 4 saturated carbocycles. The molecule has 2 atom stereocenters. The molecule has 0 spiro atoms. The Bertz CT molecular complexity index is 1380. The van der Waals surface area contributed by atoms with E-state index in [0.717, 1.165) is 38.5 Å². The molecule has 4 bridgehead atoms. The van der Waals surface area contributed by atoms with Crippen LogP contribution in [-0.2, 0) is 16.9 Å². The number of carbonyl (C=O) groups is 2. The molecule has 0 aliphatic heterocycles. The van der Waals surface area contributed by atoms with Crippen LogP contribution in [0.4, 0.5) is 17.1 Å². The summed E-state index contributed by atoms with van der Waals surface area (Å²) in [6, 6.07) is 9.13. The first kappa shape index (κ1) is 24.3. The summed E-state index contributed by atoms with van der Waals surface area (Å²) in [5.41, 5.74) is 0.747. The van der Waals surface area contributed by atoms with Crippen LogP contribution in [0.5, 0.6) is 0 Å². The molecule has 2 aromatic heterocycles. The molecule has 2 heterocycles. The van der Waals surface area contributed by atoms with E-state index in [9.17, 15) is 19.7 Å². The summed E-state index contributed by atoms with van der Waals surface area (Å²) in [6.07, 6.45) is 10.6. The van der Waals surface area contributed by atoms with Gasteiger partial charge in [-0.15, -0.1) is 0 Å². The fraction of sp³-hybridized carbons (Fsp3) is 0.481. The van der Waals surface area contributed by atoms with Gasteiger partial charge < -0.3 is 10.6 Å². The second kappa shape index (κ2) is 9.07. The molecule has 2 N–H and O–H groups in total. The van der Waals surface area contributed by atoms with Gasteiger partial charge >= 0.3 is 5.69 Å². The second-order valence-electron chi connectivity index (χ2n) is 11.4. The van der Waals surface area contributed by atoms with Crippen LogP contribution in [0.15, 0.2) is 48.9 Å². The minimum atomic E-state index is -0.408. The Kier molecular flexibility index (Phi) is 5.81. The molecule has 0 saturated heterocycles. The number of nitro groups is 1. The van der Waals surface area contributed by atoms with Crippen molar-refractivity contribution < 1.29 is 14.5 Å². The van der Waals surface area contributed by atoms with Gasteiger partial charge in [0.25, 0.3) is 5.91 Å². The molecular formula is C27H31N7O4. The Morgan fingerprint density at radius 1 is 1.11 bits per heavy atom. The molecule has 2 amide bonds. The maximum absolute atomic E-state index is 13.5. The number of hydrogen-bond acceptors (Lipinski definition) is 6. The minimum absolute atomic E-state index is 0.00165. The molecule has 38 heavy (non-hydrogen) atoms. The van der Waals surface area contributed by atoms with E-state index in [1.807, 2.05) is 29.8 Å². The van der Waals surface area contributed by atoms with Crippen LogP contribution in [0.1, 0.15) is 62.4 Å². The van der Waals surface area contributed by atoms with E-state index in [0.29, 0.717) is 36.2 Å². The Balaban J connectivity index is 1.21. The molecule has 4 fully saturated rings. The molecule has 11 heteroatoms. The zero-order valence-corrected chi connectivity index (χ0v) is 21.3. The lowest BCUT2D eigenvalue weighted by molar-refractivity contribution is -0.385. The van der Waals surface area contributed by atoms with Crippen molar-refractivity contribution in [2.75, 3.05) is 10.6 Å². The van der Waals surface area contributed by atoms with Crippen molar-refractivity contribution in [3.63, 3.8) is 0 Å². The lowest BCUT2D eigenvalue weighted by Gasteiger charge is -2.61. The Hall–Kier alpha value is -4.02. The number of amides is 2. The highest BCUT2D eigenvalue weighted by Crippen LogP contribution is 2.65. The third-order valence-corrected chi connectivity index (χ3v) is 8.56. The molecule has 7 rings (SSSR count). The quantitative estimate of drug-likeness (QED) is 0.331. The first-order valence-corrected chi connectivity index (χ1v) is 13.2. The number of aromatic nitrogens is 4. The molecule has 4 aliphatic carbocycles. The fourth-order valence-corrected chi connectivity index (χ4v) is 7.63. The van der Waals surface area contributed by atoms with Gasteiger partial charge in [-0.2, -0.15) is 10.2 Å². The van der Waals surface area contributed by atoms with Gasteiger partial charge in [0.2, 0.25) is 5.91 Å². The summed E-state index contributed by atoms with van der Waals surface area (Å²) in [5.74, 6) is 0.426. The topological polar surface area (TPSA) is 137 Å². The number of carbonyl (C=O) groups excluding carboxylic acids is 2. The van der Waals surface area contributed by atoms with E-state index in [-0.39, 0.29) is 34.1 Å². The number of aryl methyl sites for hydroxylation is 1. The Labute approximate surface area is 219 Å². The maximum Gasteiger partial charge on any atom is 0.307 e. The van der Waals surface area contributed by atoms with Crippen molar-refractivity contribution in [2.24, 2.45) is 17.3 Å². The number of nitrogens with zero attached hydrogens (tertiary/aromatic N) is 5. The van der Waals surface area contributed by atoms with Crippen molar-refractivity contribution in [1.29, 1.82) is 0 Å². The van der Waals surface area contributed by atoms with Crippen molar-refractivity contribution in [1.82, 2.24) is 19.6 Å². The van der Waals surface area contributed by atoms with Crippen molar-refractivity contribution >= 4 is 28.9 Å². The molecule has 3 aromatic rings. The molecular weight excluding hydrogens is 486 g/mol. The van der Waals surface area contributed by atoms with Crippen LogP contribution < -0.4 is 10.6 Å². The predicted octanol–water partition coefficient (Wildman–Crippen LogP) is 4.58. The van der Waals surface area contributed by atoms with Crippen LogP contribution in [0.2, 0.25) is 0 Å². The van der Waals surface area contributed by atoms with E-state index in [2.05, 4.69) is 20.8 Å². The van der Waals surface area contributed by atoms with Gasteiger partial charge in [-0.1, -0.05) is 18.2 Å². The van der Waals surface area contributed by atoms with Gasteiger partial charge in [-0.3, -0.25) is 29.1 Å². The minimum Gasteiger partial charge on any atom is -0.323 e. The zero-order valence-electron chi connectivity index (χ0n) is 21.3. The average Bonchev–Trinajstić information content (AvgIpc) is 3.52. The Morgan fingerprint density at radius 2 is 1.84 bits per heavy atom. The summed E-state index contributed by atoms with van der Waals surface area (Å²) in [5, 5.41) is 25.9. The van der Waals surface area contributed by atoms with E-state index in [4.69, 9.17) is 0 Å². The first-order chi connectivity index (χ1) is 18.3. The van der Waals surface area contributed by atoms with Crippen LogP contribution in [0, 0.1) is 27.4 Å². The van der Waals surface area contributed by atoms with Crippen LogP contribution in [-0.4, -0.2) is 36.3 Å². The van der Waals surface area contributed by atoms with Gasteiger partial charge in [-0.05, 0) is 74.8 Å². The van der Waals surface area contributed by atoms with Crippen LogP contribution in [0.3, 0.4) is 0 Å². The summed E-state index contributed by atoms with van der Waals surface area (Å²) in [4.78, 5) is 37.4. The molecule has 4 aliphatic rings. The number of benzene rings is 1. The summed E-state index contributed by atoms with van der Waals surface area (Å²) < 4.78 is 3.45. The summed E-state index contributed by atoms with van der Waals surface area (Å²) in [6.45, 7) is 2.49. The number of anilines is 2. The maximum atomic E-state index is 13.5. The molecule has 1 aromatic carbocycles. The van der Waals surface area contributed by atoms with Gasteiger partial charge in [0, 0.05) is 24.8 Å². The van der Waals surface area contributed by atoms with Gasteiger partial charge in [-0.25, -0.2) is 0 Å². The van der Waals surface area contributed by atoms with Crippen molar-refractivity contribution in [2.45, 2.75) is 64.0 Å². The molecule has 0 radical (unpaired) electrons. The van der Waals surface area contributed by atoms with E-state index in [1.165, 1.54) is 6.20 Å². The van der Waals surface area contributed by atoms with Crippen LogP contribution in [0.25, 0.3) is 0 Å². The number of rotatable bonds is 8. The monoisotopic (exact) mass is 517 g/mol. The smallest absolute Gasteiger partial charge is 0.307 e. The first-order valence-electron chi connectivity index (χ1n) is 13.2. The normalized spacial score (nSPS) is 27.3. The van der Waals surface area contributed by atoms with Crippen LogP contribution >= 0.6 is 0 Å². The zero-order chi connectivity index (χ0) is 26.5. The molecule has 2 unspecified atom stereocenters. The highest BCUT2D eigenvalue weighted by molar-refractivity contribution is 6.08. The molecule has 198 valence electrons. The lowest BCUT2D eigenvalue weighted by Crippen LogP contribution is -2.57. The Morgan fingerprint density at radius 3 is 2.50 bits per heavy atom. The third kappa shape index (κ3) is 4.35. The largest absolute Gasteiger partial charge is 0.323 e.